The van der Waals surface area contributed by atoms with Crippen LogP contribution in [0.4, 0.5) is 5.69 Å². The summed E-state index contributed by atoms with van der Waals surface area (Å²) in [7, 11) is 3.06. The number of amides is 2. The lowest BCUT2D eigenvalue weighted by Gasteiger charge is -2.11. The monoisotopic (exact) mass is 440 g/mol. The fraction of sp³-hybridized carbons (Fsp3) is 0.176. The van der Waals surface area contributed by atoms with Crippen molar-refractivity contribution in [2.45, 2.75) is 0 Å². The molecule has 0 saturated heterocycles. The van der Waals surface area contributed by atoms with E-state index < -0.39 is 0 Å². The maximum absolute atomic E-state index is 12.1. The molecule has 0 saturated carbocycles. The number of hydrogen-bond acceptors (Lipinski definition) is 4. The Morgan fingerprint density at radius 3 is 2.42 bits per heavy atom. The van der Waals surface area contributed by atoms with E-state index in [1.165, 1.54) is 14.2 Å². The van der Waals surface area contributed by atoms with Crippen molar-refractivity contribution in [1.82, 2.24) is 5.32 Å². The van der Waals surface area contributed by atoms with Crippen molar-refractivity contribution in [3.8, 4) is 11.5 Å². The zero-order chi connectivity index (χ0) is 17.5. The van der Waals surface area contributed by atoms with E-state index in [0.29, 0.717) is 22.7 Å². The molecule has 2 rings (SSSR count). The van der Waals surface area contributed by atoms with Crippen LogP contribution in [0.5, 0.6) is 11.5 Å². The van der Waals surface area contributed by atoms with Gasteiger partial charge in [0.05, 0.1) is 26.3 Å². The predicted molar refractivity (Wildman–Crippen MR) is 99.7 cm³/mol. The number of methoxy groups -OCH3 is 2. The summed E-state index contributed by atoms with van der Waals surface area (Å²) in [5.74, 6) is 0.463. The molecule has 0 spiro atoms. The van der Waals surface area contributed by atoms with Crippen molar-refractivity contribution >= 4 is 40.1 Å². The Kier molecular flexibility index (Phi) is 6.42. The summed E-state index contributed by atoms with van der Waals surface area (Å²) in [6.07, 6.45) is 0. The van der Waals surface area contributed by atoms with Crippen LogP contribution < -0.4 is 20.1 Å². The van der Waals surface area contributed by atoms with Crippen LogP contribution >= 0.6 is 22.6 Å². The van der Waals surface area contributed by atoms with Crippen LogP contribution in [0.15, 0.2) is 42.5 Å². The average molecular weight is 440 g/mol. The summed E-state index contributed by atoms with van der Waals surface area (Å²) in [6, 6.07) is 12.2. The standard InChI is InChI=1S/C17H17IN2O4/c1-23-14-8-7-11(9-15(14)24-2)20-16(21)10-19-17(22)12-5-3-4-6-13(12)18/h3-9H,10H2,1-2H3,(H,19,22)(H,20,21). The molecule has 126 valence electrons. The first-order valence-electron chi connectivity index (χ1n) is 7.09. The minimum Gasteiger partial charge on any atom is -0.493 e. The third-order valence-corrected chi connectivity index (χ3v) is 4.14. The number of carbonyl (C=O) groups is 2. The number of carbonyl (C=O) groups excluding carboxylic acids is 2. The second kappa shape index (κ2) is 8.53. The Morgan fingerprint density at radius 1 is 1.04 bits per heavy atom. The molecule has 0 unspecified atom stereocenters. The van der Waals surface area contributed by atoms with Gasteiger partial charge in [-0.25, -0.2) is 0 Å². The van der Waals surface area contributed by atoms with Gasteiger partial charge in [0.25, 0.3) is 5.91 Å². The minimum absolute atomic E-state index is 0.127. The molecule has 2 N–H and O–H groups in total. The van der Waals surface area contributed by atoms with Crippen LogP contribution in [0.3, 0.4) is 0 Å². The Hall–Kier alpha value is -2.29. The second-order valence-corrected chi connectivity index (χ2v) is 5.94. The van der Waals surface area contributed by atoms with E-state index in [-0.39, 0.29) is 18.4 Å². The van der Waals surface area contributed by atoms with Gasteiger partial charge in [-0.15, -0.1) is 0 Å². The van der Waals surface area contributed by atoms with Gasteiger partial charge >= 0.3 is 0 Å². The molecule has 6 nitrogen and oxygen atoms in total. The van der Waals surface area contributed by atoms with Gasteiger partial charge in [-0.05, 0) is 46.9 Å². The quantitative estimate of drug-likeness (QED) is 0.678. The van der Waals surface area contributed by atoms with Crippen molar-refractivity contribution in [1.29, 1.82) is 0 Å². The number of anilines is 1. The second-order valence-electron chi connectivity index (χ2n) is 4.78. The summed E-state index contributed by atoms with van der Waals surface area (Å²) >= 11 is 2.08. The molecule has 2 aromatic carbocycles. The number of hydrogen-bond donors (Lipinski definition) is 2. The van der Waals surface area contributed by atoms with Gasteiger partial charge in [0.2, 0.25) is 5.91 Å². The molecule has 24 heavy (non-hydrogen) atoms. The van der Waals surface area contributed by atoms with Crippen molar-refractivity contribution in [3.05, 3.63) is 51.6 Å². The number of benzene rings is 2. The zero-order valence-electron chi connectivity index (χ0n) is 13.3. The van der Waals surface area contributed by atoms with Gasteiger partial charge in [0.15, 0.2) is 11.5 Å². The van der Waals surface area contributed by atoms with Crippen LogP contribution in [-0.4, -0.2) is 32.6 Å². The van der Waals surface area contributed by atoms with Gasteiger partial charge < -0.3 is 20.1 Å². The Morgan fingerprint density at radius 2 is 1.75 bits per heavy atom. The van der Waals surface area contributed by atoms with E-state index in [2.05, 4.69) is 33.2 Å². The van der Waals surface area contributed by atoms with Crippen molar-refractivity contribution in [3.63, 3.8) is 0 Å². The highest BCUT2D eigenvalue weighted by atomic mass is 127. The molecule has 0 aliphatic heterocycles. The Balaban J connectivity index is 1.94. The number of rotatable bonds is 6. The number of ether oxygens (including phenoxy) is 2. The van der Waals surface area contributed by atoms with E-state index >= 15 is 0 Å². The van der Waals surface area contributed by atoms with Crippen molar-refractivity contribution in [2.24, 2.45) is 0 Å². The maximum atomic E-state index is 12.1. The predicted octanol–water partition coefficient (Wildman–Crippen LogP) is 2.68. The highest BCUT2D eigenvalue weighted by molar-refractivity contribution is 14.1. The molecule has 0 atom stereocenters. The van der Waals surface area contributed by atoms with Gasteiger partial charge in [-0.2, -0.15) is 0 Å². The SMILES string of the molecule is COc1ccc(NC(=O)CNC(=O)c2ccccc2I)cc1OC. The lowest BCUT2D eigenvalue weighted by Crippen LogP contribution is -2.33. The third kappa shape index (κ3) is 4.60. The van der Waals surface area contributed by atoms with E-state index in [1.807, 2.05) is 12.1 Å². The topological polar surface area (TPSA) is 76.7 Å². The molecule has 7 heteroatoms. The first-order valence-corrected chi connectivity index (χ1v) is 8.17. The Bertz CT molecular complexity index is 749. The highest BCUT2D eigenvalue weighted by Crippen LogP contribution is 2.29. The maximum Gasteiger partial charge on any atom is 0.252 e. The van der Waals surface area contributed by atoms with E-state index in [1.54, 1.807) is 30.3 Å². The molecule has 0 bridgehead atoms. The molecular weight excluding hydrogens is 423 g/mol. The molecule has 0 radical (unpaired) electrons. The van der Waals surface area contributed by atoms with E-state index in [0.717, 1.165) is 3.57 Å². The first-order chi connectivity index (χ1) is 11.5. The largest absolute Gasteiger partial charge is 0.493 e. The molecule has 2 aromatic rings. The third-order valence-electron chi connectivity index (χ3n) is 3.20. The van der Waals surface area contributed by atoms with Crippen LogP contribution in [-0.2, 0) is 4.79 Å². The highest BCUT2D eigenvalue weighted by Gasteiger charge is 2.11. The molecule has 0 aromatic heterocycles. The Labute approximate surface area is 153 Å². The normalized spacial score (nSPS) is 9.96. The van der Waals surface area contributed by atoms with Crippen LogP contribution in [0.25, 0.3) is 0 Å². The summed E-state index contributed by atoms with van der Waals surface area (Å²) in [4.78, 5) is 24.1. The zero-order valence-corrected chi connectivity index (χ0v) is 15.4. The van der Waals surface area contributed by atoms with Crippen LogP contribution in [0.1, 0.15) is 10.4 Å². The fourth-order valence-electron chi connectivity index (χ4n) is 2.02. The molecule has 0 fully saturated rings. The van der Waals surface area contributed by atoms with Gasteiger partial charge in [0.1, 0.15) is 0 Å². The first kappa shape index (κ1) is 18.1. The summed E-state index contributed by atoms with van der Waals surface area (Å²) in [5.41, 5.74) is 1.10. The van der Waals surface area contributed by atoms with Crippen LogP contribution in [0.2, 0.25) is 0 Å². The smallest absolute Gasteiger partial charge is 0.252 e. The summed E-state index contributed by atoms with van der Waals surface area (Å²) in [5, 5.41) is 5.30. The van der Waals surface area contributed by atoms with Crippen molar-refractivity contribution < 1.29 is 19.1 Å². The van der Waals surface area contributed by atoms with E-state index in [9.17, 15) is 9.59 Å². The van der Waals surface area contributed by atoms with Gasteiger partial charge in [-0.1, -0.05) is 12.1 Å². The average Bonchev–Trinajstić information content (AvgIpc) is 2.60. The van der Waals surface area contributed by atoms with E-state index in [4.69, 9.17) is 9.47 Å². The lowest BCUT2D eigenvalue weighted by molar-refractivity contribution is -0.115. The molecular formula is C17H17IN2O4. The van der Waals surface area contributed by atoms with Gasteiger partial charge in [0, 0.05) is 15.3 Å². The minimum atomic E-state index is -0.332. The molecule has 2 amide bonds. The van der Waals surface area contributed by atoms with Crippen LogP contribution in [0, 0.1) is 3.57 Å². The fourth-order valence-corrected chi connectivity index (χ4v) is 2.65. The molecule has 0 aliphatic carbocycles. The number of halogens is 1. The summed E-state index contributed by atoms with van der Waals surface area (Å²) in [6.45, 7) is -0.127. The van der Waals surface area contributed by atoms with Crippen molar-refractivity contribution in [2.75, 3.05) is 26.1 Å². The molecule has 0 aliphatic rings. The lowest BCUT2D eigenvalue weighted by atomic mass is 10.2. The summed E-state index contributed by atoms with van der Waals surface area (Å²) < 4.78 is 11.1. The number of nitrogens with one attached hydrogen (secondary N) is 2. The molecule has 0 heterocycles. The van der Waals surface area contributed by atoms with Gasteiger partial charge in [-0.3, -0.25) is 9.59 Å².